The molecule has 1 atom stereocenters. The molecule has 1 saturated carbocycles. The largest absolute Gasteiger partial charge is 0.207 e. The molecule has 3 rings (SSSR count). The fraction of sp³-hybridized carbons (Fsp3) is 0.619. The molecule has 1 fully saturated rings. The van der Waals surface area contributed by atoms with Crippen LogP contribution in [0.5, 0.6) is 0 Å². The van der Waals surface area contributed by atoms with Crippen LogP contribution in [0.4, 0.5) is 8.78 Å². The summed E-state index contributed by atoms with van der Waals surface area (Å²) in [7, 11) is 0. The molecule has 2 aliphatic rings. The third kappa shape index (κ3) is 4.22. The number of halogens is 2. The SMILES string of the molecule is CCC[C@H]1CC[C@H](C2CC=C(c3cc(F)cc(F)c3)CC2)CC1. The van der Waals surface area contributed by atoms with Gasteiger partial charge in [-0.2, -0.15) is 0 Å². The Kier molecular flexibility index (Phi) is 5.50. The van der Waals surface area contributed by atoms with Crippen molar-refractivity contribution >= 4 is 5.57 Å². The van der Waals surface area contributed by atoms with Crippen LogP contribution in [0, 0.1) is 29.4 Å². The number of rotatable bonds is 4. The zero-order valence-corrected chi connectivity index (χ0v) is 14.2. The summed E-state index contributed by atoms with van der Waals surface area (Å²) >= 11 is 0. The Morgan fingerprint density at radius 3 is 2.17 bits per heavy atom. The second-order valence-electron chi connectivity index (χ2n) is 7.49. The fourth-order valence-corrected chi connectivity index (χ4v) is 4.64. The number of benzene rings is 1. The molecule has 1 aromatic carbocycles. The number of allylic oxidation sites excluding steroid dienone is 2. The molecule has 0 amide bonds. The molecule has 126 valence electrons. The average molecular weight is 318 g/mol. The van der Waals surface area contributed by atoms with E-state index in [0.717, 1.165) is 47.8 Å². The summed E-state index contributed by atoms with van der Waals surface area (Å²) in [6, 6.07) is 3.88. The standard InChI is InChI=1S/C21H28F2/c1-2-3-15-4-6-16(7-5-15)17-8-10-18(11-9-17)19-12-20(22)14-21(23)13-19/h10,12-17H,2-9,11H2,1H3/t15-,16-,17?. The molecule has 2 heteroatoms. The molecule has 0 spiro atoms. The van der Waals surface area contributed by atoms with E-state index >= 15 is 0 Å². The highest BCUT2D eigenvalue weighted by Gasteiger charge is 2.28. The van der Waals surface area contributed by atoms with Crippen molar-refractivity contribution < 1.29 is 8.78 Å². The van der Waals surface area contributed by atoms with E-state index in [9.17, 15) is 8.78 Å². The van der Waals surface area contributed by atoms with E-state index < -0.39 is 11.6 Å². The topological polar surface area (TPSA) is 0 Å². The molecule has 0 radical (unpaired) electrons. The van der Waals surface area contributed by atoms with Crippen LogP contribution in [0.1, 0.15) is 70.3 Å². The minimum absolute atomic E-state index is 0.475. The molecule has 0 heterocycles. The molecule has 0 saturated heterocycles. The monoisotopic (exact) mass is 318 g/mol. The van der Waals surface area contributed by atoms with E-state index in [1.165, 1.54) is 57.1 Å². The van der Waals surface area contributed by atoms with Crippen LogP contribution in [0.25, 0.3) is 5.57 Å². The minimum Gasteiger partial charge on any atom is -0.207 e. The summed E-state index contributed by atoms with van der Waals surface area (Å²) in [5.74, 6) is 1.65. The van der Waals surface area contributed by atoms with Crippen LogP contribution < -0.4 is 0 Å². The first kappa shape index (κ1) is 16.7. The smallest absolute Gasteiger partial charge is 0.126 e. The van der Waals surface area contributed by atoms with Gasteiger partial charge in [0.25, 0.3) is 0 Å². The van der Waals surface area contributed by atoms with Gasteiger partial charge in [-0.3, -0.25) is 0 Å². The van der Waals surface area contributed by atoms with E-state index in [1.807, 2.05) is 0 Å². The van der Waals surface area contributed by atoms with Crippen molar-refractivity contribution in [2.24, 2.45) is 17.8 Å². The highest BCUT2D eigenvalue weighted by atomic mass is 19.1. The third-order valence-electron chi connectivity index (χ3n) is 5.94. The van der Waals surface area contributed by atoms with Crippen molar-refractivity contribution in [1.29, 1.82) is 0 Å². The molecule has 0 nitrogen and oxygen atoms in total. The zero-order chi connectivity index (χ0) is 16.2. The van der Waals surface area contributed by atoms with Gasteiger partial charge < -0.3 is 0 Å². The lowest BCUT2D eigenvalue weighted by Gasteiger charge is -2.35. The molecule has 0 aromatic heterocycles. The Hall–Kier alpha value is -1.18. The van der Waals surface area contributed by atoms with Gasteiger partial charge in [-0.15, -0.1) is 0 Å². The maximum absolute atomic E-state index is 13.4. The lowest BCUT2D eigenvalue weighted by atomic mass is 9.70. The van der Waals surface area contributed by atoms with Gasteiger partial charge in [0, 0.05) is 6.07 Å². The molecule has 0 aliphatic heterocycles. The Labute approximate surface area is 139 Å². The van der Waals surface area contributed by atoms with Gasteiger partial charge in [0.2, 0.25) is 0 Å². The molecule has 1 unspecified atom stereocenters. The Balaban J connectivity index is 1.58. The van der Waals surface area contributed by atoms with Gasteiger partial charge in [-0.25, -0.2) is 8.78 Å². The predicted molar refractivity (Wildman–Crippen MR) is 92.0 cm³/mol. The zero-order valence-electron chi connectivity index (χ0n) is 14.2. The summed E-state index contributed by atoms with van der Waals surface area (Å²) < 4.78 is 26.8. The van der Waals surface area contributed by atoms with Gasteiger partial charge in [0.15, 0.2) is 0 Å². The predicted octanol–water partition coefficient (Wildman–Crippen LogP) is 6.75. The summed E-state index contributed by atoms with van der Waals surface area (Å²) in [6.45, 7) is 2.29. The van der Waals surface area contributed by atoms with Crippen LogP contribution in [0.15, 0.2) is 24.3 Å². The van der Waals surface area contributed by atoms with E-state index in [0.29, 0.717) is 0 Å². The highest BCUT2D eigenvalue weighted by Crippen LogP contribution is 2.42. The number of hydrogen-bond donors (Lipinski definition) is 0. The molecule has 2 aliphatic carbocycles. The maximum Gasteiger partial charge on any atom is 0.126 e. The molecule has 23 heavy (non-hydrogen) atoms. The van der Waals surface area contributed by atoms with Gasteiger partial charge in [-0.1, -0.05) is 38.7 Å². The molecular formula is C21H28F2. The fourth-order valence-electron chi connectivity index (χ4n) is 4.64. The number of hydrogen-bond acceptors (Lipinski definition) is 0. The first-order valence-electron chi connectivity index (χ1n) is 9.31. The van der Waals surface area contributed by atoms with Crippen molar-refractivity contribution in [2.75, 3.05) is 0 Å². The molecule has 1 aromatic rings. The third-order valence-corrected chi connectivity index (χ3v) is 5.94. The summed E-state index contributed by atoms with van der Waals surface area (Å²) in [6.07, 6.45) is 13.7. The molecule has 0 N–H and O–H groups in total. The van der Waals surface area contributed by atoms with Gasteiger partial charge in [0.05, 0.1) is 0 Å². The van der Waals surface area contributed by atoms with E-state index in [1.54, 1.807) is 0 Å². The Bertz CT molecular complexity index is 533. The first-order chi connectivity index (χ1) is 11.2. The average Bonchev–Trinajstić information content (AvgIpc) is 2.55. The summed E-state index contributed by atoms with van der Waals surface area (Å²) in [5.41, 5.74) is 1.85. The van der Waals surface area contributed by atoms with Crippen molar-refractivity contribution in [1.82, 2.24) is 0 Å². The lowest BCUT2D eigenvalue weighted by Crippen LogP contribution is -2.23. The van der Waals surface area contributed by atoms with Gasteiger partial charge >= 0.3 is 0 Å². The van der Waals surface area contributed by atoms with Crippen molar-refractivity contribution in [2.45, 2.75) is 64.7 Å². The summed E-state index contributed by atoms with van der Waals surface area (Å²) in [4.78, 5) is 0. The van der Waals surface area contributed by atoms with E-state index in [2.05, 4.69) is 13.0 Å². The maximum atomic E-state index is 13.4. The highest BCUT2D eigenvalue weighted by molar-refractivity contribution is 5.66. The van der Waals surface area contributed by atoms with Crippen molar-refractivity contribution in [3.63, 3.8) is 0 Å². The molecule has 0 bridgehead atoms. The normalized spacial score (nSPS) is 28.5. The first-order valence-corrected chi connectivity index (χ1v) is 9.31. The molecular weight excluding hydrogens is 290 g/mol. The lowest BCUT2D eigenvalue weighted by molar-refractivity contribution is 0.189. The second kappa shape index (κ2) is 7.59. The second-order valence-corrected chi connectivity index (χ2v) is 7.49. The quantitative estimate of drug-likeness (QED) is 0.575. The Morgan fingerprint density at radius 2 is 1.61 bits per heavy atom. The van der Waals surface area contributed by atoms with Crippen LogP contribution in [-0.4, -0.2) is 0 Å². The van der Waals surface area contributed by atoms with Crippen LogP contribution in [-0.2, 0) is 0 Å². The Morgan fingerprint density at radius 1 is 0.913 bits per heavy atom. The van der Waals surface area contributed by atoms with E-state index in [-0.39, 0.29) is 0 Å². The van der Waals surface area contributed by atoms with Crippen LogP contribution in [0.3, 0.4) is 0 Å². The van der Waals surface area contributed by atoms with Crippen molar-refractivity contribution in [3.8, 4) is 0 Å². The van der Waals surface area contributed by atoms with E-state index in [4.69, 9.17) is 0 Å². The minimum atomic E-state index is -0.475. The summed E-state index contributed by atoms with van der Waals surface area (Å²) in [5, 5.41) is 0. The van der Waals surface area contributed by atoms with Crippen LogP contribution in [0.2, 0.25) is 0 Å². The van der Waals surface area contributed by atoms with Crippen molar-refractivity contribution in [3.05, 3.63) is 41.5 Å². The van der Waals surface area contributed by atoms with Crippen LogP contribution >= 0.6 is 0 Å². The van der Waals surface area contributed by atoms with Gasteiger partial charge in [-0.05, 0) is 73.1 Å². The van der Waals surface area contributed by atoms with Gasteiger partial charge in [0.1, 0.15) is 11.6 Å².